The number of Topliss-reactive ketones (excluding diaryl/α,β-unsaturated/α-hetero) is 1. The first kappa shape index (κ1) is 23.5. The summed E-state index contributed by atoms with van der Waals surface area (Å²) in [6.07, 6.45) is 1.60. The highest BCUT2D eigenvalue weighted by Gasteiger charge is 2.16. The van der Waals surface area contributed by atoms with Gasteiger partial charge in [0.05, 0.1) is 28.9 Å². The predicted molar refractivity (Wildman–Crippen MR) is 138 cm³/mol. The van der Waals surface area contributed by atoms with Crippen LogP contribution in [0.4, 0.5) is 11.4 Å². The number of nitrogens with zero attached hydrogens (tertiary/aromatic N) is 2. The molecule has 0 spiro atoms. The Labute approximate surface area is 203 Å². The van der Waals surface area contributed by atoms with Gasteiger partial charge in [-0.15, -0.1) is 0 Å². The van der Waals surface area contributed by atoms with Gasteiger partial charge >= 0.3 is 0 Å². The Kier molecular flexibility index (Phi) is 6.72. The van der Waals surface area contributed by atoms with Crippen LogP contribution in [0.2, 0.25) is 5.02 Å². The fraction of sp³-hybridized carbons (Fsp3) is 0.185. The number of phenols is 1. The van der Waals surface area contributed by atoms with Gasteiger partial charge in [-0.1, -0.05) is 29.8 Å². The van der Waals surface area contributed by atoms with Gasteiger partial charge in [0.2, 0.25) is 0 Å². The lowest BCUT2D eigenvalue weighted by Gasteiger charge is -2.16. The number of fused-ring (bicyclic) bond motifs is 1. The van der Waals surface area contributed by atoms with E-state index in [9.17, 15) is 9.90 Å². The molecule has 3 aromatic carbocycles. The molecule has 0 saturated heterocycles. The fourth-order valence-corrected chi connectivity index (χ4v) is 4.08. The number of rotatable bonds is 7. The Hall–Kier alpha value is -3.61. The number of nitrogens with one attached hydrogen (secondary N) is 1. The van der Waals surface area contributed by atoms with E-state index in [1.54, 1.807) is 18.3 Å². The molecule has 1 aromatic heterocycles. The van der Waals surface area contributed by atoms with Crippen LogP contribution in [0.15, 0.2) is 60.8 Å². The lowest BCUT2D eigenvalue weighted by Crippen LogP contribution is -2.10. The topological polar surface area (TPSA) is 74.7 Å². The highest BCUT2D eigenvalue weighted by molar-refractivity contribution is 6.32. The molecule has 6 nitrogen and oxygen atoms in total. The normalized spacial score (nSPS) is 11.1. The summed E-state index contributed by atoms with van der Waals surface area (Å²) in [5.41, 5.74) is 5.63. The molecule has 2 N–H and O–H groups in total. The first-order valence-electron chi connectivity index (χ1n) is 10.8. The molecular formula is C27H26ClN3O3. The Morgan fingerprint density at radius 2 is 1.82 bits per heavy atom. The third kappa shape index (κ3) is 4.83. The van der Waals surface area contributed by atoms with E-state index in [4.69, 9.17) is 16.3 Å². The minimum Gasteiger partial charge on any atom is -0.503 e. The highest BCUT2D eigenvalue weighted by Crippen LogP contribution is 2.40. The summed E-state index contributed by atoms with van der Waals surface area (Å²) in [6, 6.07) is 17.3. The summed E-state index contributed by atoms with van der Waals surface area (Å²) in [5.74, 6) is 0.101. The summed E-state index contributed by atoms with van der Waals surface area (Å²) in [7, 11) is 5.54. The van der Waals surface area contributed by atoms with Crippen molar-refractivity contribution in [3.63, 3.8) is 0 Å². The number of halogens is 1. The smallest absolute Gasteiger partial charge is 0.176 e. The zero-order valence-corrected chi connectivity index (χ0v) is 20.3. The van der Waals surface area contributed by atoms with Crippen LogP contribution in [0, 0.1) is 0 Å². The van der Waals surface area contributed by atoms with Crippen LogP contribution in [-0.2, 0) is 6.54 Å². The molecule has 0 bridgehead atoms. The Morgan fingerprint density at radius 3 is 2.47 bits per heavy atom. The Balaban J connectivity index is 1.82. The van der Waals surface area contributed by atoms with Gasteiger partial charge in [-0.05, 0) is 74.1 Å². The zero-order chi connectivity index (χ0) is 24.4. The standard InChI is InChI=1S/C27H26ClN3O3/c1-16(32)22-14-29-24-10-7-18(19-12-23(28)27(33)25(13-19)34-4)11-21(24)26(22)30-20-8-5-17(6-9-20)15-31(2)3/h5-14,33H,15H2,1-4H3,(H,29,30). The molecule has 7 heteroatoms. The largest absolute Gasteiger partial charge is 0.503 e. The number of phenolic OH excluding ortho intramolecular Hbond substituents is 1. The number of ketones is 1. The van der Waals surface area contributed by atoms with E-state index in [1.807, 2.05) is 44.4 Å². The summed E-state index contributed by atoms with van der Waals surface area (Å²) < 4.78 is 5.26. The molecule has 0 amide bonds. The molecule has 174 valence electrons. The molecule has 0 radical (unpaired) electrons. The van der Waals surface area contributed by atoms with Crippen LogP contribution in [-0.4, -0.2) is 42.0 Å². The van der Waals surface area contributed by atoms with E-state index >= 15 is 0 Å². The number of benzene rings is 3. The second kappa shape index (κ2) is 9.71. The maximum atomic E-state index is 12.4. The van der Waals surface area contributed by atoms with Crippen molar-refractivity contribution in [3.8, 4) is 22.6 Å². The first-order valence-corrected chi connectivity index (χ1v) is 11.2. The van der Waals surface area contributed by atoms with Crippen molar-refractivity contribution >= 4 is 39.7 Å². The minimum atomic E-state index is -0.102. The number of aromatic nitrogens is 1. The molecule has 34 heavy (non-hydrogen) atoms. The van der Waals surface area contributed by atoms with Crippen molar-refractivity contribution in [1.82, 2.24) is 9.88 Å². The van der Waals surface area contributed by atoms with Crippen LogP contribution < -0.4 is 10.1 Å². The van der Waals surface area contributed by atoms with E-state index < -0.39 is 0 Å². The number of methoxy groups -OCH3 is 1. The maximum absolute atomic E-state index is 12.4. The highest BCUT2D eigenvalue weighted by atomic mass is 35.5. The lowest BCUT2D eigenvalue weighted by atomic mass is 9.99. The van der Waals surface area contributed by atoms with Gasteiger partial charge in [0, 0.05) is 23.8 Å². The van der Waals surface area contributed by atoms with Crippen molar-refractivity contribution < 1.29 is 14.6 Å². The average Bonchev–Trinajstić information content (AvgIpc) is 2.81. The van der Waals surface area contributed by atoms with E-state index in [-0.39, 0.29) is 22.3 Å². The van der Waals surface area contributed by atoms with Crippen molar-refractivity contribution in [1.29, 1.82) is 0 Å². The number of ether oxygens (including phenoxy) is 1. The Bertz CT molecular complexity index is 1370. The monoisotopic (exact) mass is 475 g/mol. The van der Waals surface area contributed by atoms with E-state index in [1.165, 1.54) is 19.6 Å². The summed E-state index contributed by atoms with van der Waals surface area (Å²) in [5, 5.41) is 14.5. The van der Waals surface area contributed by atoms with Gasteiger partial charge in [0.25, 0.3) is 0 Å². The number of aromatic hydroxyl groups is 1. The van der Waals surface area contributed by atoms with Crippen LogP contribution in [0.25, 0.3) is 22.0 Å². The second-order valence-electron chi connectivity index (χ2n) is 8.40. The van der Waals surface area contributed by atoms with E-state index in [0.717, 1.165) is 34.3 Å². The quantitative estimate of drug-likeness (QED) is 0.306. The molecule has 0 aliphatic rings. The van der Waals surface area contributed by atoms with Gasteiger partial charge < -0.3 is 20.1 Å². The van der Waals surface area contributed by atoms with Gasteiger partial charge in [0.15, 0.2) is 17.3 Å². The molecular weight excluding hydrogens is 450 g/mol. The molecule has 4 aromatic rings. The molecule has 0 atom stereocenters. The number of anilines is 2. The van der Waals surface area contributed by atoms with Gasteiger partial charge in [-0.2, -0.15) is 0 Å². The van der Waals surface area contributed by atoms with Crippen LogP contribution in [0.3, 0.4) is 0 Å². The molecule has 4 rings (SSSR count). The van der Waals surface area contributed by atoms with Crippen LogP contribution >= 0.6 is 11.6 Å². The van der Waals surface area contributed by atoms with Crippen molar-refractivity contribution in [2.24, 2.45) is 0 Å². The number of pyridine rings is 1. The molecule has 0 fully saturated rings. The molecule has 0 unspecified atom stereocenters. The van der Waals surface area contributed by atoms with Gasteiger partial charge in [-0.3, -0.25) is 9.78 Å². The van der Waals surface area contributed by atoms with E-state index in [0.29, 0.717) is 11.3 Å². The predicted octanol–water partition coefficient (Wildman–Crippen LogP) is 6.28. The SMILES string of the molecule is COc1cc(-c2ccc3ncc(C(C)=O)c(Nc4ccc(CN(C)C)cc4)c3c2)cc(Cl)c1O. The molecule has 0 aliphatic heterocycles. The Morgan fingerprint density at radius 1 is 1.09 bits per heavy atom. The molecule has 0 saturated carbocycles. The van der Waals surface area contributed by atoms with E-state index in [2.05, 4.69) is 27.3 Å². The zero-order valence-electron chi connectivity index (χ0n) is 19.5. The van der Waals surface area contributed by atoms with Crippen LogP contribution in [0.1, 0.15) is 22.8 Å². The van der Waals surface area contributed by atoms with Crippen molar-refractivity contribution in [2.75, 3.05) is 26.5 Å². The second-order valence-corrected chi connectivity index (χ2v) is 8.81. The minimum absolute atomic E-state index is 0.0825. The maximum Gasteiger partial charge on any atom is 0.176 e. The molecule has 1 heterocycles. The fourth-order valence-electron chi connectivity index (χ4n) is 3.87. The summed E-state index contributed by atoms with van der Waals surface area (Å²) in [6.45, 7) is 2.38. The number of carbonyl (C=O) groups excluding carboxylic acids is 1. The number of carbonyl (C=O) groups is 1. The summed E-state index contributed by atoms with van der Waals surface area (Å²) in [4.78, 5) is 19.1. The third-order valence-electron chi connectivity index (χ3n) is 5.55. The first-order chi connectivity index (χ1) is 16.3. The number of hydrogen-bond acceptors (Lipinski definition) is 6. The number of hydrogen-bond donors (Lipinski definition) is 2. The average molecular weight is 476 g/mol. The summed E-state index contributed by atoms with van der Waals surface area (Å²) >= 11 is 6.21. The van der Waals surface area contributed by atoms with Crippen molar-refractivity contribution in [3.05, 3.63) is 76.9 Å². The van der Waals surface area contributed by atoms with Gasteiger partial charge in [-0.25, -0.2) is 0 Å². The third-order valence-corrected chi connectivity index (χ3v) is 5.84. The van der Waals surface area contributed by atoms with Crippen LogP contribution in [0.5, 0.6) is 11.5 Å². The van der Waals surface area contributed by atoms with Gasteiger partial charge in [0.1, 0.15) is 0 Å². The molecule has 0 aliphatic carbocycles. The van der Waals surface area contributed by atoms with Crippen molar-refractivity contribution in [2.45, 2.75) is 13.5 Å². The lowest BCUT2D eigenvalue weighted by molar-refractivity contribution is 0.101.